The Kier molecular flexibility index (Phi) is 4.43. The zero-order chi connectivity index (χ0) is 15.4. The number of nitrogens with zero attached hydrogens (tertiary/aromatic N) is 3. The minimum absolute atomic E-state index is 0.0956. The predicted octanol–water partition coefficient (Wildman–Crippen LogP) is 1.37. The van der Waals surface area contributed by atoms with Gasteiger partial charge >= 0.3 is 0 Å². The van der Waals surface area contributed by atoms with Crippen LogP contribution in [0.4, 0.5) is 4.39 Å². The average molecular weight is 304 g/mol. The molecule has 0 saturated carbocycles. The number of hydrogen-bond donors (Lipinski definition) is 1. The van der Waals surface area contributed by atoms with E-state index in [4.69, 9.17) is 4.74 Å². The topological polar surface area (TPSA) is 69.0 Å². The van der Waals surface area contributed by atoms with Crippen molar-refractivity contribution < 1.29 is 13.9 Å². The molecule has 1 aromatic heterocycles. The van der Waals surface area contributed by atoms with Gasteiger partial charge in [-0.2, -0.15) is 0 Å². The van der Waals surface area contributed by atoms with E-state index < -0.39 is 0 Å². The molecule has 2 aromatic rings. The summed E-state index contributed by atoms with van der Waals surface area (Å²) in [5.74, 6) is -0.544. The SMILES string of the molecule is O=C(NC[C@H]1CCCO1)c1cn(Cc2ccc(F)cc2)nn1. The van der Waals surface area contributed by atoms with E-state index in [9.17, 15) is 9.18 Å². The molecule has 1 aliphatic heterocycles. The molecule has 0 bridgehead atoms. The summed E-state index contributed by atoms with van der Waals surface area (Å²) in [5.41, 5.74) is 1.15. The largest absolute Gasteiger partial charge is 0.376 e. The minimum atomic E-state index is -0.281. The van der Waals surface area contributed by atoms with E-state index >= 15 is 0 Å². The molecule has 1 fully saturated rings. The van der Waals surface area contributed by atoms with Crippen molar-refractivity contribution in [2.45, 2.75) is 25.5 Å². The number of amides is 1. The highest BCUT2D eigenvalue weighted by atomic mass is 19.1. The highest BCUT2D eigenvalue weighted by Gasteiger charge is 2.18. The molecule has 1 amide bonds. The van der Waals surface area contributed by atoms with Crippen LogP contribution in [0.25, 0.3) is 0 Å². The summed E-state index contributed by atoms with van der Waals surface area (Å²) in [6.07, 6.45) is 3.68. The summed E-state index contributed by atoms with van der Waals surface area (Å²) >= 11 is 0. The number of nitrogens with one attached hydrogen (secondary N) is 1. The first-order chi connectivity index (χ1) is 10.7. The molecule has 2 heterocycles. The first-order valence-electron chi connectivity index (χ1n) is 7.25. The maximum Gasteiger partial charge on any atom is 0.273 e. The van der Waals surface area contributed by atoms with Crippen molar-refractivity contribution in [2.24, 2.45) is 0 Å². The lowest BCUT2D eigenvalue weighted by molar-refractivity contribution is 0.0853. The second-order valence-corrected chi connectivity index (χ2v) is 5.27. The van der Waals surface area contributed by atoms with Crippen LogP contribution in [-0.2, 0) is 11.3 Å². The maximum absolute atomic E-state index is 12.9. The Hall–Kier alpha value is -2.28. The van der Waals surface area contributed by atoms with Gasteiger partial charge in [-0.15, -0.1) is 5.10 Å². The second-order valence-electron chi connectivity index (χ2n) is 5.27. The molecule has 116 valence electrons. The normalized spacial score (nSPS) is 17.6. The number of rotatable bonds is 5. The summed E-state index contributed by atoms with van der Waals surface area (Å²) < 4.78 is 19.8. The molecule has 0 aliphatic carbocycles. The number of ether oxygens (including phenoxy) is 1. The molecule has 0 unspecified atom stereocenters. The van der Waals surface area contributed by atoms with Crippen molar-refractivity contribution in [3.63, 3.8) is 0 Å². The van der Waals surface area contributed by atoms with Gasteiger partial charge in [0.15, 0.2) is 5.69 Å². The molecule has 1 atom stereocenters. The molecule has 1 aliphatic rings. The minimum Gasteiger partial charge on any atom is -0.376 e. The van der Waals surface area contributed by atoms with E-state index in [0.29, 0.717) is 13.1 Å². The smallest absolute Gasteiger partial charge is 0.273 e. The summed E-state index contributed by atoms with van der Waals surface area (Å²) in [4.78, 5) is 12.0. The summed E-state index contributed by atoms with van der Waals surface area (Å²) in [5, 5.41) is 10.6. The van der Waals surface area contributed by atoms with Crippen molar-refractivity contribution in [3.8, 4) is 0 Å². The van der Waals surface area contributed by atoms with Crippen molar-refractivity contribution in [1.29, 1.82) is 0 Å². The van der Waals surface area contributed by atoms with E-state index in [1.165, 1.54) is 12.1 Å². The first-order valence-corrected chi connectivity index (χ1v) is 7.25. The van der Waals surface area contributed by atoms with Crippen molar-refractivity contribution >= 4 is 5.91 Å². The van der Waals surface area contributed by atoms with E-state index in [2.05, 4.69) is 15.6 Å². The van der Waals surface area contributed by atoms with Gasteiger partial charge in [0.2, 0.25) is 0 Å². The lowest BCUT2D eigenvalue weighted by atomic mass is 10.2. The van der Waals surface area contributed by atoms with Gasteiger partial charge in [-0.05, 0) is 30.5 Å². The van der Waals surface area contributed by atoms with Crippen LogP contribution in [0, 0.1) is 5.82 Å². The molecular weight excluding hydrogens is 287 g/mol. The van der Waals surface area contributed by atoms with Gasteiger partial charge in [0.1, 0.15) is 5.82 Å². The van der Waals surface area contributed by atoms with E-state index in [1.54, 1.807) is 23.0 Å². The van der Waals surface area contributed by atoms with E-state index in [1.807, 2.05) is 0 Å². The van der Waals surface area contributed by atoms with Crippen molar-refractivity contribution in [3.05, 3.63) is 47.5 Å². The van der Waals surface area contributed by atoms with Gasteiger partial charge in [0, 0.05) is 13.2 Å². The van der Waals surface area contributed by atoms with Crippen LogP contribution >= 0.6 is 0 Å². The lowest BCUT2D eigenvalue weighted by Crippen LogP contribution is -2.31. The summed E-state index contributed by atoms with van der Waals surface area (Å²) in [7, 11) is 0. The Morgan fingerprint density at radius 3 is 2.95 bits per heavy atom. The van der Waals surface area contributed by atoms with Crippen LogP contribution in [0.5, 0.6) is 0 Å². The molecular formula is C15H17FN4O2. The third-order valence-electron chi connectivity index (χ3n) is 3.54. The lowest BCUT2D eigenvalue weighted by Gasteiger charge is -2.09. The molecule has 1 aromatic carbocycles. The van der Waals surface area contributed by atoms with Gasteiger partial charge in [-0.3, -0.25) is 4.79 Å². The Labute approximate surface area is 127 Å². The van der Waals surface area contributed by atoms with Crippen molar-refractivity contribution in [2.75, 3.05) is 13.2 Å². The molecule has 1 saturated heterocycles. The summed E-state index contributed by atoms with van der Waals surface area (Å²) in [6, 6.07) is 6.13. The van der Waals surface area contributed by atoms with Gasteiger partial charge in [-0.1, -0.05) is 17.3 Å². The Morgan fingerprint density at radius 1 is 1.41 bits per heavy atom. The first kappa shape index (κ1) is 14.6. The molecule has 0 spiro atoms. The third-order valence-corrected chi connectivity index (χ3v) is 3.54. The quantitative estimate of drug-likeness (QED) is 0.906. The zero-order valence-corrected chi connectivity index (χ0v) is 12.0. The van der Waals surface area contributed by atoms with Crippen LogP contribution < -0.4 is 5.32 Å². The fourth-order valence-corrected chi connectivity index (χ4v) is 2.36. The van der Waals surface area contributed by atoms with E-state index in [-0.39, 0.29) is 23.5 Å². The highest BCUT2D eigenvalue weighted by Crippen LogP contribution is 2.10. The summed E-state index contributed by atoms with van der Waals surface area (Å²) in [6.45, 7) is 1.68. The fourth-order valence-electron chi connectivity index (χ4n) is 2.36. The van der Waals surface area contributed by atoms with Gasteiger partial charge < -0.3 is 10.1 Å². The molecule has 1 N–H and O–H groups in total. The standard InChI is InChI=1S/C15H17FN4O2/c16-12-5-3-11(4-6-12)9-20-10-14(18-19-20)15(21)17-8-13-2-1-7-22-13/h3-6,10,13H,1-2,7-9H2,(H,17,21)/t13-/m1/s1. The van der Waals surface area contributed by atoms with Crippen LogP contribution in [-0.4, -0.2) is 40.2 Å². The number of halogens is 1. The Balaban J connectivity index is 1.55. The van der Waals surface area contributed by atoms with Gasteiger partial charge in [-0.25, -0.2) is 9.07 Å². The average Bonchev–Trinajstić information content (AvgIpc) is 3.19. The highest BCUT2D eigenvalue weighted by molar-refractivity contribution is 5.91. The fraction of sp³-hybridized carbons (Fsp3) is 0.400. The number of carbonyl (C=O) groups is 1. The molecule has 6 nitrogen and oxygen atoms in total. The molecule has 22 heavy (non-hydrogen) atoms. The van der Waals surface area contributed by atoms with Crippen molar-refractivity contribution in [1.82, 2.24) is 20.3 Å². The Morgan fingerprint density at radius 2 is 2.23 bits per heavy atom. The van der Waals surface area contributed by atoms with Gasteiger partial charge in [0.25, 0.3) is 5.91 Å². The van der Waals surface area contributed by atoms with E-state index in [0.717, 1.165) is 25.0 Å². The number of benzene rings is 1. The van der Waals surface area contributed by atoms with Crippen LogP contribution in [0.1, 0.15) is 28.9 Å². The molecule has 0 radical (unpaired) electrons. The number of hydrogen-bond acceptors (Lipinski definition) is 4. The molecule has 7 heteroatoms. The zero-order valence-electron chi connectivity index (χ0n) is 12.0. The maximum atomic E-state index is 12.9. The van der Waals surface area contributed by atoms with Crippen LogP contribution in [0.2, 0.25) is 0 Å². The second kappa shape index (κ2) is 6.65. The van der Waals surface area contributed by atoms with Crippen LogP contribution in [0.15, 0.2) is 30.5 Å². The number of aromatic nitrogens is 3. The van der Waals surface area contributed by atoms with Gasteiger partial charge in [0.05, 0.1) is 18.8 Å². The third kappa shape index (κ3) is 3.67. The monoisotopic (exact) mass is 304 g/mol. The number of carbonyl (C=O) groups excluding carboxylic acids is 1. The Bertz CT molecular complexity index is 635. The molecule has 3 rings (SSSR count). The predicted molar refractivity (Wildman–Crippen MR) is 76.8 cm³/mol. The van der Waals surface area contributed by atoms with Crippen LogP contribution in [0.3, 0.4) is 0 Å².